The van der Waals surface area contributed by atoms with Crippen LogP contribution in [0.15, 0.2) is 18.2 Å². The van der Waals surface area contributed by atoms with Crippen molar-refractivity contribution in [1.82, 2.24) is 9.78 Å². The second-order valence-electron chi connectivity index (χ2n) is 4.32. The van der Waals surface area contributed by atoms with Crippen LogP contribution in [0.4, 0.5) is 0 Å². The average molecular weight is 263 g/mol. The van der Waals surface area contributed by atoms with Crippen LogP contribution < -0.4 is 0 Å². The lowest BCUT2D eigenvalue weighted by atomic mass is 10.1. The number of benzene rings is 1. The first-order valence-electron chi connectivity index (χ1n) is 5.88. The van der Waals surface area contributed by atoms with Gasteiger partial charge in [-0.05, 0) is 37.5 Å². The molecule has 0 amide bonds. The molecular formula is C14H15ClN2O. The van der Waals surface area contributed by atoms with E-state index in [-0.39, 0.29) is 0 Å². The summed E-state index contributed by atoms with van der Waals surface area (Å²) in [6, 6.07) is 6.08. The van der Waals surface area contributed by atoms with Gasteiger partial charge in [0, 0.05) is 0 Å². The van der Waals surface area contributed by atoms with Gasteiger partial charge in [0.1, 0.15) is 5.15 Å². The highest BCUT2D eigenvalue weighted by molar-refractivity contribution is 6.32. The van der Waals surface area contributed by atoms with Gasteiger partial charge in [0.25, 0.3) is 0 Å². The highest BCUT2D eigenvalue weighted by atomic mass is 35.5. The van der Waals surface area contributed by atoms with Crippen molar-refractivity contribution in [2.45, 2.75) is 27.2 Å². The van der Waals surface area contributed by atoms with Crippen LogP contribution in [0.25, 0.3) is 5.69 Å². The van der Waals surface area contributed by atoms with Crippen molar-refractivity contribution < 1.29 is 4.79 Å². The van der Waals surface area contributed by atoms with Crippen LogP contribution in [0.5, 0.6) is 0 Å². The van der Waals surface area contributed by atoms with Crippen LogP contribution in [0, 0.1) is 13.8 Å². The van der Waals surface area contributed by atoms with Crippen molar-refractivity contribution in [3.8, 4) is 5.69 Å². The number of rotatable bonds is 3. The molecule has 0 N–H and O–H groups in total. The zero-order valence-electron chi connectivity index (χ0n) is 10.7. The van der Waals surface area contributed by atoms with E-state index in [1.165, 1.54) is 0 Å². The van der Waals surface area contributed by atoms with Crippen molar-refractivity contribution >= 4 is 17.9 Å². The minimum atomic E-state index is 0.385. The number of hydrogen-bond donors (Lipinski definition) is 0. The molecule has 1 aromatic heterocycles. The van der Waals surface area contributed by atoms with E-state index in [1.54, 1.807) is 4.68 Å². The molecular weight excluding hydrogens is 248 g/mol. The molecule has 4 heteroatoms. The van der Waals surface area contributed by atoms with Crippen LogP contribution in [0.1, 0.15) is 34.1 Å². The summed E-state index contributed by atoms with van der Waals surface area (Å²) in [5, 5.41) is 4.81. The number of hydrogen-bond acceptors (Lipinski definition) is 2. The van der Waals surface area contributed by atoms with Crippen LogP contribution in [0.2, 0.25) is 5.15 Å². The molecule has 0 saturated heterocycles. The first-order valence-corrected chi connectivity index (χ1v) is 6.26. The van der Waals surface area contributed by atoms with E-state index in [0.29, 0.717) is 17.1 Å². The van der Waals surface area contributed by atoms with Gasteiger partial charge in [-0.25, -0.2) is 4.68 Å². The molecule has 0 spiro atoms. The molecule has 0 aliphatic carbocycles. The SMILES string of the molecule is CCc1nn(-c2cc(C)ccc2C)c(Cl)c1C=O. The van der Waals surface area contributed by atoms with Crippen molar-refractivity contribution in [1.29, 1.82) is 0 Å². The monoisotopic (exact) mass is 262 g/mol. The molecule has 0 unspecified atom stereocenters. The summed E-state index contributed by atoms with van der Waals surface area (Å²) in [4.78, 5) is 11.1. The Morgan fingerprint density at radius 2 is 2.11 bits per heavy atom. The highest BCUT2D eigenvalue weighted by Crippen LogP contribution is 2.25. The fraction of sp³-hybridized carbons (Fsp3) is 0.286. The van der Waals surface area contributed by atoms with E-state index in [4.69, 9.17) is 11.6 Å². The van der Waals surface area contributed by atoms with Gasteiger partial charge in [-0.15, -0.1) is 0 Å². The summed E-state index contributed by atoms with van der Waals surface area (Å²) in [6.07, 6.45) is 1.46. The van der Waals surface area contributed by atoms with Gasteiger partial charge in [0.15, 0.2) is 6.29 Å². The largest absolute Gasteiger partial charge is 0.298 e. The molecule has 1 aromatic carbocycles. The number of aromatic nitrogens is 2. The Balaban J connectivity index is 2.67. The van der Waals surface area contributed by atoms with Crippen LogP contribution >= 0.6 is 11.6 Å². The van der Waals surface area contributed by atoms with Gasteiger partial charge in [-0.3, -0.25) is 4.79 Å². The zero-order chi connectivity index (χ0) is 13.3. The first-order chi connectivity index (χ1) is 8.58. The Morgan fingerprint density at radius 1 is 1.39 bits per heavy atom. The molecule has 0 atom stereocenters. The third-order valence-electron chi connectivity index (χ3n) is 2.99. The van der Waals surface area contributed by atoms with E-state index in [2.05, 4.69) is 5.10 Å². The first kappa shape index (κ1) is 12.8. The molecule has 0 bridgehead atoms. The lowest BCUT2D eigenvalue weighted by molar-refractivity contribution is 0.112. The van der Waals surface area contributed by atoms with Crippen molar-refractivity contribution in [2.24, 2.45) is 0 Å². The zero-order valence-corrected chi connectivity index (χ0v) is 11.5. The van der Waals surface area contributed by atoms with Gasteiger partial charge in [-0.1, -0.05) is 30.7 Å². The number of carbonyl (C=O) groups is 1. The van der Waals surface area contributed by atoms with Gasteiger partial charge >= 0.3 is 0 Å². The van der Waals surface area contributed by atoms with E-state index >= 15 is 0 Å². The highest BCUT2D eigenvalue weighted by Gasteiger charge is 2.16. The average Bonchev–Trinajstić information content (AvgIpc) is 2.68. The fourth-order valence-electron chi connectivity index (χ4n) is 1.94. The predicted octanol–water partition coefficient (Wildman–Crippen LogP) is 3.52. The molecule has 2 aromatic rings. The van der Waals surface area contributed by atoms with Gasteiger partial charge in [-0.2, -0.15) is 5.10 Å². The van der Waals surface area contributed by atoms with E-state index in [0.717, 1.165) is 28.8 Å². The quantitative estimate of drug-likeness (QED) is 0.794. The van der Waals surface area contributed by atoms with E-state index in [9.17, 15) is 4.79 Å². The Morgan fingerprint density at radius 3 is 2.67 bits per heavy atom. The summed E-state index contributed by atoms with van der Waals surface area (Å²) >= 11 is 6.24. The van der Waals surface area contributed by atoms with Crippen molar-refractivity contribution in [2.75, 3.05) is 0 Å². The van der Waals surface area contributed by atoms with Gasteiger partial charge in [0.2, 0.25) is 0 Å². The molecule has 2 rings (SSSR count). The van der Waals surface area contributed by atoms with Gasteiger partial charge in [0.05, 0.1) is 16.9 Å². The molecule has 0 saturated carbocycles. The van der Waals surface area contributed by atoms with Gasteiger partial charge < -0.3 is 0 Å². The molecule has 0 aliphatic rings. The summed E-state index contributed by atoms with van der Waals surface area (Å²) in [5.41, 5.74) is 4.34. The second kappa shape index (κ2) is 4.94. The van der Waals surface area contributed by atoms with Crippen LogP contribution in [0.3, 0.4) is 0 Å². The molecule has 94 valence electrons. The summed E-state index contributed by atoms with van der Waals surface area (Å²) in [6.45, 7) is 5.97. The number of nitrogens with zero attached hydrogens (tertiary/aromatic N) is 2. The molecule has 0 aliphatic heterocycles. The molecule has 1 heterocycles. The minimum Gasteiger partial charge on any atom is -0.298 e. The maximum Gasteiger partial charge on any atom is 0.155 e. The Bertz CT molecular complexity index is 602. The smallest absolute Gasteiger partial charge is 0.155 e. The normalized spacial score (nSPS) is 10.7. The third kappa shape index (κ3) is 2.06. The summed E-state index contributed by atoms with van der Waals surface area (Å²) < 4.78 is 1.65. The number of aryl methyl sites for hydroxylation is 3. The van der Waals surface area contributed by atoms with E-state index < -0.39 is 0 Å². The lowest BCUT2D eigenvalue weighted by Gasteiger charge is -2.08. The summed E-state index contributed by atoms with van der Waals surface area (Å²) in [5.74, 6) is 0. The van der Waals surface area contributed by atoms with Crippen molar-refractivity contribution in [3.63, 3.8) is 0 Å². The third-order valence-corrected chi connectivity index (χ3v) is 3.35. The predicted molar refractivity (Wildman–Crippen MR) is 72.8 cm³/mol. The Hall–Kier alpha value is -1.61. The molecule has 18 heavy (non-hydrogen) atoms. The minimum absolute atomic E-state index is 0.385. The topological polar surface area (TPSA) is 34.9 Å². The molecule has 3 nitrogen and oxygen atoms in total. The standard InChI is InChI=1S/C14H15ClN2O/c1-4-12-11(8-18)14(15)17(16-12)13-7-9(2)5-6-10(13)3/h5-8H,4H2,1-3H3. The Kier molecular flexibility index (Phi) is 3.53. The van der Waals surface area contributed by atoms with Crippen molar-refractivity contribution in [3.05, 3.63) is 45.7 Å². The number of aldehydes is 1. The number of halogens is 1. The van der Waals surface area contributed by atoms with Crippen LogP contribution in [-0.4, -0.2) is 16.1 Å². The number of carbonyl (C=O) groups excluding carboxylic acids is 1. The molecule has 0 radical (unpaired) electrons. The maximum absolute atomic E-state index is 11.1. The van der Waals surface area contributed by atoms with Crippen LogP contribution in [-0.2, 0) is 6.42 Å². The molecule has 0 fully saturated rings. The van der Waals surface area contributed by atoms with E-state index in [1.807, 2.05) is 39.0 Å². The lowest BCUT2D eigenvalue weighted by Crippen LogP contribution is -2.00. The maximum atomic E-state index is 11.1. The second-order valence-corrected chi connectivity index (χ2v) is 4.68. The summed E-state index contributed by atoms with van der Waals surface area (Å²) in [7, 11) is 0. The fourth-order valence-corrected chi connectivity index (χ4v) is 2.22. The Labute approximate surface area is 111 Å².